The first kappa shape index (κ1) is 18.0. The molecule has 1 unspecified atom stereocenters. The van der Waals surface area contributed by atoms with Crippen molar-refractivity contribution >= 4 is 17.7 Å². The maximum Gasteiger partial charge on any atom is 0.245 e. The van der Waals surface area contributed by atoms with E-state index >= 15 is 0 Å². The minimum Gasteiger partial charge on any atom is -0.345 e. The van der Waals surface area contributed by atoms with Crippen LogP contribution in [0.4, 0.5) is 0 Å². The second-order valence-corrected chi connectivity index (χ2v) is 6.22. The summed E-state index contributed by atoms with van der Waals surface area (Å²) in [6, 6.07) is 8.65. The fourth-order valence-electron chi connectivity index (χ4n) is 2.87. The normalized spacial score (nSPS) is 19.3. The molecule has 1 fully saturated rings. The molecule has 1 aromatic rings. The van der Waals surface area contributed by atoms with E-state index in [1.165, 1.54) is 6.92 Å². The summed E-state index contributed by atoms with van der Waals surface area (Å²) in [4.78, 5) is 37.8. The van der Waals surface area contributed by atoms with E-state index in [4.69, 9.17) is 0 Å². The zero-order valence-electron chi connectivity index (χ0n) is 14.2. The van der Waals surface area contributed by atoms with E-state index in [0.29, 0.717) is 19.5 Å². The first-order chi connectivity index (χ1) is 11.5. The van der Waals surface area contributed by atoms with Gasteiger partial charge in [0.05, 0.1) is 0 Å². The van der Waals surface area contributed by atoms with Gasteiger partial charge in [-0.1, -0.05) is 30.3 Å². The van der Waals surface area contributed by atoms with Crippen LogP contribution in [-0.2, 0) is 20.9 Å². The lowest BCUT2D eigenvalue weighted by atomic mass is 10.1. The second kappa shape index (κ2) is 8.47. The molecule has 2 atom stereocenters. The Morgan fingerprint density at radius 1 is 1.25 bits per heavy atom. The van der Waals surface area contributed by atoms with E-state index in [0.717, 1.165) is 18.4 Å². The van der Waals surface area contributed by atoms with E-state index in [1.807, 2.05) is 30.3 Å². The maximum absolute atomic E-state index is 12.8. The van der Waals surface area contributed by atoms with Gasteiger partial charge >= 0.3 is 0 Å². The molecule has 6 nitrogen and oxygen atoms in total. The van der Waals surface area contributed by atoms with Crippen molar-refractivity contribution in [2.24, 2.45) is 0 Å². The number of nitrogens with one attached hydrogen (secondary N) is 2. The highest BCUT2D eigenvalue weighted by Gasteiger charge is 2.29. The molecule has 1 aromatic carbocycles. The summed E-state index contributed by atoms with van der Waals surface area (Å²) >= 11 is 0. The monoisotopic (exact) mass is 331 g/mol. The smallest absolute Gasteiger partial charge is 0.245 e. The fourth-order valence-corrected chi connectivity index (χ4v) is 2.87. The Hall–Kier alpha value is -2.37. The number of nitrogens with zero attached hydrogens (tertiary/aromatic N) is 1. The quantitative estimate of drug-likeness (QED) is 0.851. The Morgan fingerprint density at radius 3 is 2.62 bits per heavy atom. The zero-order chi connectivity index (χ0) is 17.5. The number of carbonyl (C=O) groups excluding carboxylic acids is 3. The van der Waals surface area contributed by atoms with Crippen LogP contribution in [-0.4, -0.2) is 41.2 Å². The van der Waals surface area contributed by atoms with Gasteiger partial charge in [0.15, 0.2) is 0 Å². The van der Waals surface area contributed by atoms with Crippen LogP contribution in [0.15, 0.2) is 30.3 Å². The second-order valence-electron chi connectivity index (χ2n) is 6.22. The summed E-state index contributed by atoms with van der Waals surface area (Å²) < 4.78 is 0. The number of amides is 3. The number of rotatable bonds is 5. The Labute approximate surface area is 142 Å². The molecular weight excluding hydrogens is 306 g/mol. The van der Waals surface area contributed by atoms with Crippen LogP contribution in [0.25, 0.3) is 0 Å². The average Bonchev–Trinajstić information content (AvgIpc) is 2.71. The molecule has 0 spiro atoms. The van der Waals surface area contributed by atoms with Crippen LogP contribution < -0.4 is 10.6 Å². The van der Waals surface area contributed by atoms with Crippen molar-refractivity contribution in [1.29, 1.82) is 0 Å². The van der Waals surface area contributed by atoms with Gasteiger partial charge in [0.1, 0.15) is 12.1 Å². The third-order valence-corrected chi connectivity index (χ3v) is 4.13. The number of carbonyl (C=O) groups is 3. The molecule has 1 saturated heterocycles. The first-order valence-electron chi connectivity index (χ1n) is 8.37. The summed E-state index contributed by atoms with van der Waals surface area (Å²) in [6.45, 7) is 4.22. The lowest BCUT2D eigenvalue weighted by Crippen LogP contribution is -2.52. The lowest BCUT2D eigenvalue weighted by molar-refractivity contribution is -0.137. The highest BCUT2D eigenvalue weighted by Crippen LogP contribution is 2.15. The number of likely N-dealkylation sites (tertiary alicyclic amines) is 1. The molecule has 0 bridgehead atoms. The molecule has 0 aliphatic carbocycles. The van der Waals surface area contributed by atoms with E-state index in [9.17, 15) is 14.4 Å². The van der Waals surface area contributed by atoms with Gasteiger partial charge in [-0.15, -0.1) is 0 Å². The fraction of sp³-hybridized carbons (Fsp3) is 0.500. The van der Waals surface area contributed by atoms with Gasteiger partial charge in [0, 0.05) is 20.0 Å². The minimum absolute atomic E-state index is 0.0558. The maximum atomic E-state index is 12.8. The summed E-state index contributed by atoms with van der Waals surface area (Å²) in [7, 11) is 0. The van der Waals surface area contributed by atoms with Crippen molar-refractivity contribution in [2.45, 2.75) is 51.7 Å². The standard InChI is InChI=1S/C18H25N3O3/c1-13(19-14(2)22)17(23)20-16-10-6-7-11-21(18(16)24)12-15-8-4-3-5-9-15/h3-5,8-9,13,16H,6-7,10-12H2,1-2H3,(H,19,22)(H,20,23)/t13?,16-/m0/s1. The Bertz CT molecular complexity index is 588. The molecule has 130 valence electrons. The number of hydrogen-bond acceptors (Lipinski definition) is 3. The van der Waals surface area contributed by atoms with Gasteiger partial charge in [-0.25, -0.2) is 0 Å². The SMILES string of the molecule is CC(=O)NC(C)C(=O)N[C@H]1CCCCN(Cc2ccccc2)C1=O. The molecule has 3 amide bonds. The van der Waals surface area contributed by atoms with Crippen molar-refractivity contribution in [2.75, 3.05) is 6.54 Å². The number of hydrogen-bond donors (Lipinski definition) is 2. The molecule has 24 heavy (non-hydrogen) atoms. The molecular formula is C18H25N3O3. The van der Waals surface area contributed by atoms with Crippen LogP contribution in [0.2, 0.25) is 0 Å². The highest BCUT2D eigenvalue weighted by atomic mass is 16.2. The van der Waals surface area contributed by atoms with Gasteiger partial charge in [-0.3, -0.25) is 14.4 Å². The van der Waals surface area contributed by atoms with Crippen LogP contribution in [0.5, 0.6) is 0 Å². The van der Waals surface area contributed by atoms with Crippen LogP contribution in [0, 0.1) is 0 Å². The highest BCUT2D eigenvalue weighted by molar-refractivity contribution is 5.91. The third-order valence-electron chi connectivity index (χ3n) is 4.13. The topological polar surface area (TPSA) is 78.5 Å². The van der Waals surface area contributed by atoms with E-state index in [1.54, 1.807) is 11.8 Å². The van der Waals surface area contributed by atoms with E-state index in [-0.39, 0.29) is 17.7 Å². The van der Waals surface area contributed by atoms with Crippen LogP contribution in [0.3, 0.4) is 0 Å². The predicted molar refractivity (Wildman–Crippen MR) is 90.9 cm³/mol. The summed E-state index contributed by atoms with van der Waals surface area (Å²) in [5.74, 6) is -0.652. The summed E-state index contributed by atoms with van der Waals surface area (Å²) in [5, 5.41) is 5.32. The molecule has 0 radical (unpaired) electrons. The molecule has 2 N–H and O–H groups in total. The van der Waals surface area contributed by atoms with E-state index in [2.05, 4.69) is 10.6 Å². The van der Waals surface area contributed by atoms with Gasteiger partial charge in [0.25, 0.3) is 0 Å². The summed E-state index contributed by atoms with van der Waals surface area (Å²) in [6.07, 6.45) is 2.44. The Morgan fingerprint density at radius 2 is 1.96 bits per heavy atom. The zero-order valence-corrected chi connectivity index (χ0v) is 14.2. The van der Waals surface area contributed by atoms with Gasteiger partial charge in [-0.05, 0) is 31.7 Å². The Kier molecular flexibility index (Phi) is 6.35. The largest absolute Gasteiger partial charge is 0.345 e. The third kappa shape index (κ3) is 5.08. The number of benzene rings is 1. The Balaban J connectivity index is 2.00. The van der Waals surface area contributed by atoms with Crippen molar-refractivity contribution in [3.8, 4) is 0 Å². The van der Waals surface area contributed by atoms with Gasteiger partial charge in [0.2, 0.25) is 17.7 Å². The van der Waals surface area contributed by atoms with Gasteiger partial charge in [-0.2, -0.15) is 0 Å². The molecule has 1 aliphatic rings. The molecule has 1 aliphatic heterocycles. The lowest BCUT2D eigenvalue weighted by Gasteiger charge is -2.26. The van der Waals surface area contributed by atoms with Crippen molar-refractivity contribution in [3.05, 3.63) is 35.9 Å². The van der Waals surface area contributed by atoms with Crippen molar-refractivity contribution in [1.82, 2.24) is 15.5 Å². The average molecular weight is 331 g/mol. The summed E-state index contributed by atoms with van der Waals surface area (Å²) in [5.41, 5.74) is 1.07. The van der Waals surface area contributed by atoms with Crippen LogP contribution in [0.1, 0.15) is 38.7 Å². The molecule has 2 rings (SSSR count). The predicted octanol–water partition coefficient (Wildman–Crippen LogP) is 1.21. The van der Waals surface area contributed by atoms with E-state index < -0.39 is 12.1 Å². The van der Waals surface area contributed by atoms with Crippen LogP contribution >= 0.6 is 0 Å². The molecule has 1 heterocycles. The van der Waals surface area contributed by atoms with Crippen molar-refractivity contribution in [3.63, 3.8) is 0 Å². The van der Waals surface area contributed by atoms with Gasteiger partial charge < -0.3 is 15.5 Å². The first-order valence-corrected chi connectivity index (χ1v) is 8.37. The minimum atomic E-state index is -0.652. The molecule has 0 aromatic heterocycles. The van der Waals surface area contributed by atoms with Crippen molar-refractivity contribution < 1.29 is 14.4 Å². The molecule has 6 heteroatoms. The molecule has 0 saturated carbocycles.